The summed E-state index contributed by atoms with van der Waals surface area (Å²) < 4.78 is 0. The normalized spacial score (nSPS) is 18.4. The molecule has 17 heavy (non-hydrogen) atoms. The van der Waals surface area contributed by atoms with Crippen molar-refractivity contribution in [2.24, 2.45) is 5.92 Å². The largest absolute Gasteiger partial charge is 0.508 e. The first-order valence-electron chi connectivity index (χ1n) is 6.79. The summed E-state index contributed by atoms with van der Waals surface area (Å²) in [5.41, 5.74) is 1.06. The Morgan fingerprint density at radius 3 is 2.59 bits per heavy atom. The van der Waals surface area contributed by atoms with Crippen LogP contribution in [0.15, 0.2) is 24.3 Å². The monoisotopic (exact) mass is 233 g/mol. The van der Waals surface area contributed by atoms with E-state index >= 15 is 0 Å². The minimum absolute atomic E-state index is 0.434. The molecule has 2 heteroatoms. The Morgan fingerprint density at radius 2 is 1.94 bits per heavy atom. The zero-order valence-electron chi connectivity index (χ0n) is 10.7. The number of nitrogens with zero attached hydrogens (tertiary/aromatic N) is 1. The van der Waals surface area contributed by atoms with E-state index in [1.54, 1.807) is 6.07 Å². The summed E-state index contributed by atoms with van der Waals surface area (Å²) >= 11 is 0. The fourth-order valence-electron chi connectivity index (χ4n) is 2.73. The Kier molecular flexibility index (Phi) is 4.43. The highest BCUT2D eigenvalue weighted by Gasteiger charge is 2.18. The van der Waals surface area contributed by atoms with E-state index in [9.17, 15) is 5.11 Å². The summed E-state index contributed by atoms with van der Waals surface area (Å²) in [6.07, 6.45) is 5.33. The lowest BCUT2D eigenvalue weighted by atomic mass is 9.92. The number of likely N-dealkylation sites (tertiary alicyclic amines) is 1. The molecule has 1 fully saturated rings. The zero-order valence-corrected chi connectivity index (χ0v) is 10.7. The second-order valence-corrected chi connectivity index (χ2v) is 5.14. The van der Waals surface area contributed by atoms with E-state index in [0.29, 0.717) is 5.75 Å². The first-order chi connectivity index (χ1) is 8.29. The maximum atomic E-state index is 9.75. The van der Waals surface area contributed by atoms with E-state index in [-0.39, 0.29) is 0 Å². The predicted octanol–water partition coefficient (Wildman–Crippen LogP) is 3.40. The lowest BCUT2D eigenvalue weighted by molar-refractivity contribution is 0.170. The van der Waals surface area contributed by atoms with E-state index in [0.717, 1.165) is 18.0 Å². The first kappa shape index (κ1) is 12.4. The van der Waals surface area contributed by atoms with Crippen molar-refractivity contribution in [3.05, 3.63) is 29.8 Å². The Balaban J connectivity index is 1.84. The molecule has 2 nitrogen and oxygen atoms in total. The summed E-state index contributed by atoms with van der Waals surface area (Å²) in [4.78, 5) is 2.46. The molecule has 0 atom stereocenters. The van der Waals surface area contributed by atoms with Crippen LogP contribution in [-0.2, 0) is 6.54 Å². The minimum atomic E-state index is 0.434. The second-order valence-electron chi connectivity index (χ2n) is 5.14. The number of piperidine rings is 1. The molecular weight excluding hydrogens is 210 g/mol. The number of phenols is 1. The summed E-state index contributed by atoms with van der Waals surface area (Å²) in [6.45, 7) is 5.53. The van der Waals surface area contributed by atoms with Gasteiger partial charge in [0.1, 0.15) is 5.75 Å². The number of aromatic hydroxyl groups is 1. The molecule has 1 aliphatic rings. The third-order valence-electron chi connectivity index (χ3n) is 3.79. The number of para-hydroxylation sites is 1. The molecule has 0 unspecified atom stereocenters. The van der Waals surface area contributed by atoms with E-state index in [1.807, 2.05) is 18.2 Å². The summed E-state index contributed by atoms with van der Waals surface area (Å²) in [6, 6.07) is 7.68. The summed E-state index contributed by atoms with van der Waals surface area (Å²) in [7, 11) is 0. The predicted molar refractivity (Wildman–Crippen MR) is 71.0 cm³/mol. The average molecular weight is 233 g/mol. The standard InChI is InChI=1S/C15H23NO/c1-2-5-13-8-10-16(11-9-13)12-14-6-3-4-7-15(14)17/h3-4,6-7,13,17H,2,5,8-12H2,1H3. The Hall–Kier alpha value is -1.02. The van der Waals surface area contributed by atoms with Crippen LogP contribution in [0.3, 0.4) is 0 Å². The van der Waals surface area contributed by atoms with Crippen molar-refractivity contribution in [2.45, 2.75) is 39.2 Å². The van der Waals surface area contributed by atoms with Gasteiger partial charge in [0.15, 0.2) is 0 Å². The van der Waals surface area contributed by atoms with Crippen LogP contribution >= 0.6 is 0 Å². The van der Waals surface area contributed by atoms with E-state index in [4.69, 9.17) is 0 Å². The molecule has 2 rings (SSSR count). The van der Waals surface area contributed by atoms with Crippen LogP contribution in [0.25, 0.3) is 0 Å². The third kappa shape index (κ3) is 3.47. The molecular formula is C15H23NO. The van der Waals surface area contributed by atoms with Gasteiger partial charge in [-0.25, -0.2) is 0 Å². The molecule has 0 aromatic heterocycles. The average Bonchev–Trinajstić information content (AvgIpc) is 2.35. The van der Waals surface area contributed by atoms with Crippen LogP contribution in [0.2, 0.25) is 0 Å². The smallest absolute Gasteiger partial charge is 0.120 e. The maximum absolute atomic E-state index is 9.75. The third-order valence-corrected chi connectivity index (χ3v) is 3.79. The number of hydrogen-bond donors (Lipinski definition) is 1. The minimum Gasteiger partial charge on any atom is -0.508 e. The lowest BCUT2D eigenvalue weighted by Gasteiger charge is -2.32. The molecule has 94 valence electrons. The lowest BCUT2D eigenvalue weighted by Crippen LogP contribution is -2.33. The van der Waals surface area contributed by atoms with Crippen molar-refractivity contribution in [3.8, 4) is 5.75 Å². The highest BCUT2D eigenvalue weighted by atomic mass is 16.3. The number of hydrogen-bond acceptors (Lipinski definition) is 2. The maximum Gasteiger partial charge on any atom is 0.120 e. The molecule has 0 aliphatic carbocycles. The topological polar surface area (TPSA) is 23.5 Å². The van der Waals surface area contributed by atoms with Crippen molar-refractivity contribution < 1.29 is 5.11 Å². The van der Waals surface area contributed by atoms with Crippen LogP contribution in [0, 0.1) is 5.92 Å². The van der Waals surface area contributed by atoms with Crippen molar-refractivity contribution >= 4 is 0 Å². The quantitative estimate of drug-likeness (QED) is 0.861. The SMILES string of the molecule is CCCC1CCN(Cc2ccccc2O)CC1. The zero-order chi connectivity index (χ0) is 12.1. The van der Waals surface area contributed by atoms with E-state index in [1.165, 1.54) is 38.8 Å². The molecule has 0 bridgehead atoms. The van der Waals surface area contributed by atoms with Crippen molar-refractivity contribution in [1.82, 2.24) is 4.90 Å². The van der Waals surface area contributed by atoms with Gasteiger partial charge in [0.05, 0.1) is 0 Å². The van der Waals surface area contributed by atoms with Crippen LogP contribution in [0.4, 0.5) is 0 Å². The van der Waals surface area contributed by atoms with Crippen molar-refractivity contribution in [3.63, 3.8) is 0 Å². The highest BCUT2D eigenvalue weighted by Crippen LogP contribution is 2.24. The highest BCUT2D eigenvalue weighted by molar-refractivity contribution is 5.31. The number of benzene rings is 1. The van der Waals surface area contributed by atoms with Crippen LogP contribution in [0.1, 0.15) is 38.2 Å². The van der Waals surface area contributed by atoms with Crippen LogP contribution < -0.4 is 0 Å². The molecule has 1 heterocycles. The van der Waals surface area contributed by atoms with Gasteiger partial charge < -0.3 is 5.11 Å². The molecule has 1 saturated heterocycles. The van der Waals surface area contributed by atoms with Gasteiger partial charge in [-0.05, 0) is 37.9 Å². The molecule has 1 aromatic rings. The molecule has 0 saturated carbocycles. The van der Waals surface area contributed by atoms with Gasteiger partial charge in [0, 0.05) is 12.1 Å². The van der Waals surface area contributed by atoms with Crippen LogP contribution in [0.5, 0.6) is 5.75 Å². The van der Waals surface area contributed by atoms with Gasteiger partial charge in [0.25, 0.3) is 0 Å². The molecule has 1 aliphatic heterocycles. The molecule has 1 aromatic carbocycles. The fraction of sp³-hybridized carbons (Fsp3) is 0.600. The van der Waals surface area contributed by atoms with Crippen molar-refractivity contribution in [2.75, 3.05) is 13.1 Å². The van der Waals surface area contributed by atoms with Gasteiger partial charge in [-0.1, -0.05) is 38.0 Å². The Bertz CT molecular complexity index is 343. The molecule has 0 radical (unpaired) electrons. The summed E-state index contributed by atoms with van der Waals surface area (Å²) in [5.74, 6) is 1.36. The fourth-order valence-corrected chi connectivity index (χ4v) is 2.73. The Labute approximate surface area is 104 Å². The molecule has 1 N–H and O–H groups in total. The second kappa shape index (κ2) is 6.06. The van der Waals surface area contributed by atoms with Gasteiger partial charge in [-0.15, -0.1) is 0 Å². The first-order valence-corrected chi connectivity index (χ1v) is 6.79. The van der Waals surface area contributed by atoms with E-state index in [2.05, 4.69) is 11.8 Å². The van der Waals surface area contributed by atoms with Gasteiger partial charge >= 0.3 is 0 Å². The van der Waals surface area contributed by atoms with Gasteiger partial charge in [0.2, 0.25) is 0 Å². The number of phenolic OH excluding ortho intramolecular Hbond substituents is 1. The molecule has 0 amide bonds. The number of rotatable bonds is 4. The molecule has 0 spiro atoms. The summed E-state index contributed by atoms with van der Waals surface area (Å²) in [5, 5.41) is 9.75. The van der Waals surface area contributed by atoms with Crippen LogP contribution in [-0.4, -0.2) is 23.1 Å². The van der Waals surface area contributed by atoms with E-state index < -0.39 is 0 Å². The van der Waals surface area contributed by atoms with Gasteiger partial charge in [-0.3, -0.25) is 4.90 Å². The van der Waals surface area contributed by atoms with Gasteiger partial charge in [-0.2, -0.15) is 0 Å². The Morgan fingerprint density at radius 1 is 1.24 bits per heavy atom. The van der Waals surface area contributed by atoms with Crippen molar-refractivity contribution in [1.29, 1.82) is 0 Å².